The van der Waals surface area contributed by atoms with Crippen molar-refractivity contribution in [3.05, 3.63) is 34.9 Å². The molecule has 0 saturated carbocycles. The molecule has 2 nitrogen and oxygen atoms in total. The summed E-state index contributed by atoms with van der Waals surface area (Å²) >= 11 is 0. The summed E-state index contributed by atoms with van der Waals surface area (Å²) in [7, 11) is 0. The molecule has 0 bridgehead atoms. The molecule has 15 heavy (non-hydrogen) atoms. The molecule has 0 aliphatic heterocycles. The van der Waals surface area contributed by atoms with Crippen molar-refractivity contribution in [3.63, 3.8) is 0 Å². The van der Waals surface area contributed by atoms with Gasteiger partial charge in [0.25, 0.3) is 0 Å². The Labute approximate surface area is 92.7 Å². The van der Waals surface area contributed by atoms with Crippen LogP contribution in [0.4, 0.5) is 0 Å². The fraction of sp³-hybridized carbons (Fsp3) is 0.538. The molecule has 2 heteroatoms. The molecule has 0 heterocycles. The van der Waals surface area contributed by atoms with Gasteiger partial charge in [-0.05, 0) is 49.4 Å². The van der Waals surface area contributed by atoms with E-state index < -0.39 is 0 Å². The Bertz CT molecular complexity index is 320. The highest BCUT2D eigenvalue weighted by Gasteiger charge is 2.14. The zero-order valence-electron chi connectivity index (χ0n) is 9.96. The van der Waals surface area contributed by atoms with E-state index in [2.05, 4.69) is 39.0 Å². The Kier molecular flexibility index (Phi) is 4.30. The lowest BCUT2D eigenvalue weighted by Gasteiger charge is -2.20. The van der Waals surface area contributed by atoms with Crippen molar-refractivity contribution >= 4 is 0 Å². The Morgan fingerprint density at radius 1 is 1.20 bits per heavy atom. The van der Waals surface area contributed by atoms with Gasteiger partial charge in [0.05, 0.1) is 0 Å². The second kappa shape index (κ2) is 5.29. The Hall–Kier alpha value is -0.860. The van der Waals surface area contributed by atoms with E-state index in [0.29, 0.717) is 12.5 Å². The second-order valence-electron chi connectivity index (χ2n) is 4.42. The minimum absolute atomic E-state index is 0.104. The van der Waals surface area contributed by atoms with Crippen molar-refractivity contribution in [2.45, 2.75) is 33.2 Å². The largest absolute Gasteiger partial charge is 0.330 e. The highest BCUT2D eigenvalue weighted by Crippen LogP contribution is 2.23. The smallest absolute Gasteiger partial charge is 0.0321 e. The van der Waals surface area contributed by atoms with Crippen molar-refractivity contribution < 1.29 is 0 Å². The third-order valence-electron chi connectivity index (χ3n) is 3.15. The van der Waals surface area contributed by atoms with Crippen LogP contribution in [-0.2, 0) is 0 Å². The highest BCUT2D eigenvalue weighted by molar-refractivity contribution is 5.31. The summed E-state index contributed by atoms with van der Waals surface area (Å²) in [5.74, 6) is 0.442. The van der Waals surface area contributed by atoms with Crippen molar-refractivity contribution in [3.8, 4) is 0 Å². The zero-order chi connectivity index (χ0) is 11.4. The van der Waals surface area contributed by atoms with Crippen LogP contribution >= 0.6 is 0 Å². The third kappa shape index (κ3) is 3.05. The zero-order valence-corrected chi connectivity index (χ0v) is 9.96. The van der Waals surface area contributed by atoms with Crippen LogP contribution in [0.15, 0.2) is 18.2 Å². The van der Waals surface area contributed by atoms with Crippen molar-refractivity contribution in [2.24, 2.45) is 17.4 Å². The first kappa shape index (κ1) is 12.2. The Balaban J connectivity index is 2.81. The molecule has 0 spiro atoms. The molecule has 84 valence electrons. The summed E-state index contributed by atoms with van der Waals surface area (Å²) in [6.45, 7) is 7.11. The maximum absolute atomic E-state index is 6.19. The third-order valence-corrected chi connectivity index (χ3v) is 3.15. The van der Waals surface area contributed by atoms with Crippen LogP contribution in [0, 0.1) is 19.8 Å². The van der Waals surface area contributed by atoms with Crippen LogP contribution in [0.25, 0.3) is 0 Å². The lowest BCUT2D eigenvalue weighted by atomic mass is 9.91. The maximum Gasteiger partial charge on any atom is 0.0321 e. The van der Waals surface area contributed by atoms with E-state index in [0.717, 1.165) is 6.42 Å². The van der Waals surface area contributed by atoms with Crippen LogP contribution < -0.4 is 11.5 Å². The van der Waals surface area contributed by atoms with Crippen LogP contribution in [-0.4, -0.2) is 6.54 Å². The van der Waals surface area contributed by atoms with Gasteiger partial charge >= 0.3 is 0 Å². The van der Waals surface area contributed by atoms with E-state index in [4.69, 9.17) is 11.5 Å². The maximum atomic E-state index is 6.19. The molecule has 0 fully saturated rings. The number of nitrogens with two attached hydrogens (primary N) is 2. The number of hydrogen-bond donors (Lipinski definition) is 2. The predicted octanol–water partition coefficient (Wildman–Crippen LogP) is 2.29. The molecule has 1 rings (SSSR count). The number of aryl methyl sites for hydroxylation is 2. The monoisotopic (exact) mass is 206 g/mol. The van der Waals surface area contributed by atoms with Gasteiger partial charge in [-0.1, -0.05) is 25.1 Å². The summed E-state index contributed by atoms with van der Waals surface area (Å²) in [6.07, 6.45) is 0.980. The molecular weight excluding hydrogens is 184 g/mol. The van der Waals surface area contributed by atoms with Crippen molar-refractivity contribution in [2.75, 3.05) is 6.54 Å². The van der Waals surface area contributed by atoms with Crippen LogP contribution in [0.5, 0.6) is 0 Å². The topological polar surface area (TPSA) is 52.0 Å². The normalized spacial score (nSPS) is 15.0. The van der Waals surface area contributed by atoms with Gasteiger partial charge in [-0.15, -0.1) is 0 Å². The number of benzene rings is 1. The number of hydrogen-bond acceptors (Lipinski definition) is 2. The van der Waals surface area contributed by atoms with Gasteiger partial charge in [0.15, 0.2) is 0 Å². The lowest BCUT2D eigenvalue weighted by Crippen LogP contribution is -2.21. The van der Waals surface area contributed by atoms with Crippen LogP contribution in [0.3, 0.4) is 0 Å². The fourth-order valence-electron chi connectivity index (χ4n) is 1.74. The molecule has 0 amide bonds. The highest BCUT2D eigenvalue weighted by atomic mass is 14.7. The van der Waals surface area contributed by atoms with Gasteiger partial charge in [0, 0.05) is 6.04 Å². The minimum Gasteiger partial charge on any atom is -0.330 e. The van der Waals surface area contributed by atoms with Gasteiger partial charge in [0.1, 0.15) is 0 Å². The summed E-state index contributed by atoms with van der Waals surface area (Å²) in [4.78, 5) is 0. The summed E-state index contributed by atoms with van der Waals surface area (Å²) < 4.78 is 0. The van der Waals surface area contributed by atoms with Gasteiger partial charge < -0.3 is 11.5 Å². The molecule has 0 aromatic heterocycles. The Morgan fingerprint density at radius 3 is 2.40 bits per heavy atom. The van der Waals surface area contributed by atoms with Gasteiger partial charge in [0.2, 0.25) is 0 Å². The van der Waals surface area contributed by atoms with E-state index in [-0.39, 0.29) is 6.04 Å². The summed E-state index contributed by atoms with van der Waals surface area (Å²) in [6, 6.07) is 6.56. The molecule has 0 saturated heterocycles. The molecule has 0 aliphatic carbocycles. The van der Waals surface area contributed by atoms with Gasteiger partial charge in [-0.3, -0.25) is 0 Å². The van der Waals surface area contributed by atoms with E-state index in [1.54, 1.807) is 0 Å². The van der Waals surface area contributed by atoms with Gasteiger partial charge in [-0.25, -0.2) is 0 Å². The first-order valence-corrected chi connectivity index (χ1v) is 5.59. The van der Waals surface area contributed by atoms with E-state index in [9.17, 15) is 0 Å². The average molecular weight is 206 g/mol. The molecule has 1 aromatic carbocycles. The predicted molar refractivity (Wildman–Crippen MR) is 65.7 cm³/mol. The van der Waals surface area contributed by atoms with Crippen molar-refractivity contribution in [1.29, 1.82) is 0 Å². The van der Waals surface area contributed by atoms with Gasteiger partial charge in [-0.2, -0.15) is 0 Å². The molecule has 4 N–H and O–H groups in total. The minimum atomic E-state index is 0.104. The number of rotatable bonds is 4. The molecule has 0 aliphatic rings. The van der Waals surface area contributed by atoms with Crippen LogP contribution in [0.2, 0.25) is 0 Å². The molecule has 0 radical (unpaired) electrons. The van der Waals surface area contributed by atoms with E-state index in [1.165, 1.54) is 16.7 Å². The lowest BCUT2D eigenvalue weighted by molar-refractivity contribution is 0.444. The molecule has 2 atom stereocenters. The first-order valence-electron chi connectivity index (χ1n) is 5.59. The van der Waals surface area contributed by atoms with Crippen LogP contribution in [0.1, 0.15) is 36.1 Å². The summed E-state index contributed by atoms with van der Waals surface area (Å²) in [5.41, 5.74) is 15.6. The Morgan fingerprint density at radius 2 is 1.87 bits per heavy atom. The fourth-order valence-corrected chi connectivity index (χ4v) is 1.74. The molecular formula is C13H22N2. The SMILES string of the molecule is Cc1ccc(C(N)C(C)CCN)cc1C. The van der Waals surface area contributed by atoms with Crippen molar-refractivity contribution in [1.82, 2.24) is 0 Å². The standard InChI is InChI=1S/C13H22N2/c1-9-4-5-12(8-11(9)3)13(15)10(2)6-7-14/h4-5,8,10,13H,6-7,14-15H2,1-3H3. The first-order chi connectivity index (χ1) is 7.06. The average Bonchev–Trinajstić information content (AvgIpc) is 2.21. The quantitative estimate of drug-likeness (QED) is 0.794. The summed E-state index contributed by atoms with van der Waals surface area (Å²) in [5, 5.41) is 0. The van der Waals surface area contributed by atoms with E-state index in [1.807, 2.05) is 0 Å². The molecule has 1 aromatic rings. The second-order valence-corrected chi connectivity index (χ2v) is 4.42. The molecule has 2 unspecified atom stereocenters. The van der Waals surface area contributed by atoms with E-state index >= 15 is 0 Å².